The van der Waals surface area contributed by atoms with Gasteiger partial charge in [-0.1, -0.05) is 19.1 Å². The van der Waals surface area contributed by atoms with E-state index in [-0.39, 0.29) is 31.3 Å². The van der Waals surface area contributed by atoms with Gasteiger partial charge < -0.3 is 39.6 Å². The Morgan fingerprint density at radius 2 is 1.72 bits per heavy atom. The second-order valence-electron chi connectivity index (χ2n) is 11.0. The van der Waals surface area contributed by atoms with E-state index < -0.39 is 12.1 Å². The molecule has 2 aliphatic rings. The Balaban J connectivity index is 1.33. The molecule has 0 saturated heterocycles. The lowest BCUT2D eigenvalue weighted by Crippen LogP contribution is -2.49. The van der Waals surface area contributed by atoms with Gasteiger partial charge in [0.1, 0.15) is 17.6 Å². The number of nitrogens with zero attached hydrogens (tertiary/aromatic N) is 2. The highest BCUT2D eigenvalue weighted by Crippen LogP contribution is 2.34. The minimum Gasteiger partial charge on any atom is -0.497 e. The standard InChI is InChI=1S/C32H38N4O7/c1-20-15-36(21(2)18-37)31(38)26-13-23(33-32(39)34-24-8-12-28-29(14-24)42-19-41-28)7-11-27(26)43-30(20)17-35(3)16-22-5-9-25(40-4)10-6-22/h5-14,20-21,30,37H,15-19H2,1-4H3,(H2,33,34,39)/t20-,21-,30+/m0/s1. The number of fused-ring (bicyclic) bond motifs is 2. The molecule has 2 aliphatic heterocycles. The quantitative estimate of drug-likeness (QED) is 0.335. The largest absolute Gasteiger partial charge is 0.497 e. The van der Waals surface area contributed by atoms with Crippen LogP contribution in [0.1, 0.15) is 29.8 Å². The number of carbonyl (C=O) groups excluding carboxylic acids is 2. The normalized spacial score (nSPS) is 18.3. The van der Waals surface area contributed by atoms with E-state index in [9.17, 15) is 14.7 Å². The van der Waals surface area contributed by atoms with Crippen molar-refractivity contribution in [3.8, 4) is 23.0 Å². The summed E-state index contributed by atoms with van der Waals surface area (Å²) in [6, 6.07) is 17.2. The minimum atomic E-state index is -0.481. The van der Waals surface area contributed by atoms with E-state index >= 15 is 0 Å². The fourth-order valence-electron chi connectivity index (χ4n) is 5.20. The zero-order valence-corrected chi connectivity index (χ0v) is 24.8. The number of rotatable bonds is 9. The average Bonchev–Trinajstić information content (AvgIpc) is 3.47. The maximum Gasteiger partial charge on any atom is 0.323 e. The van der Waals surface area contributed by atoms with Gasteiger partial charge in [-0.05, 0) is 62.0 Å². The van der Waals surface area contributed by atoms with Gasteiger partial charge >= 0.3 is 6.03 Å². The van der Waals surface area contributed by atoms with Crippen molar-refractivity contribution in [3.63, 3.8) is 0 Å². The van der Waals surface area contributed by atoms with Crippen molar-refractivity contribution in [2.24, 2.45) is 5.92 Å². The first kappa shape index (κ1) is 30.0. The number of hydrogen-bond acceptors (Lipinski definition) is 8. The number of likely N-dealkylation sites (N-methyl/N-ethyl adjacent to an activating group) is 1. The molecule has 0 spiro atoms. The van der Waals surface area contributed by atoms with E-state index in [1.54, 1.807) is 48.4 Å². The molecule has 43 heavy (non-hydrogen) atoms. The van der Waals surface area contributed by atoms with Crippen molar-refractivity contribution >= 4 is 23.3 Å². The van der Waals surface area contributed by atoms with Gasteiger partial charge in [-0.3, -0.25) is 9.69 Å². The number of amides is 3. The van der Waals surface area contributed by atoms with E-state index in [1.165, 1.54) is 0 Å². The van der Waals surface area contributed by atoms with Crippen molar-refractivity contribution in [1.29, 1.82) is 0 Å². The third-order valence-corrected chi connectivity index (χ3v) is 7.66. The van der Waals surface area contributed by atoms with Crippen molar-refractivity contribution < 1.29 is 33.6 Å². The molecule has 2 heterocycles. The molecule has 0 saturated carbocycles. The summed E-state index contributed by atoms with van der Waals surface area (Å²) in [5, 5.41) is 15.5. The number of methoxy groups -OCH3 is 1. The van der Waals surface area contributed by atoms with Gasteiger partial charge in [0.15, 0.2) is 11.5 Å². The van der Waals surface area contributed by atoms with Crippen LogP contribution in [0.3, 0.4) is 0 Å². The van der Waals surface area contributed by atoms with E-state index in [1.807, 2.05) is 38.2 Å². The summed E-state index contributed by atoms with van der Waals surface area (Å²) < 4.78 is 22.5. The summed E-state index contributed by atoms with van der Waals surface area (Å²) in [5.74, 6) is 2.12. The Bertz CT molecular complexity index is 1450. The molecule has 3 aromatic rings. The third kappa shape index (κ3) is 7.12. The van der Waals surface area contributed by atoms with Crippen LogP contribution in [0.4, 0.5) is 16.2 Å². The number of urea groups is 1. The molecule has 0 aromatic heterocycles. The minimum absolute atomic E-state index is 0.0188. The molecule has 3 aromatic carbocycles. The number of nitrogens with one attached hydrogen (secondary N) is 2. The maximum atomic E-state index is 13.8. The van der Waals surface area contributed by atoms with Crippen molar-refractivity contribution in [3.05, 3.63) is 71.8 Å². The Morgan fingerprint density at radius 1 is 1.05 bits per heavy atom. The smallest absolute Gasteiger partial charge is 0.323 e. The molecule has 3 amide bonds. The molecule has 0 unspecified atom stereocenters. The second-order valence-corrected chi connectivity index (χ2v) is 11.0. The van der Waals surface area contributed by atoms with Crippen LogP contribution in [0, 0.1) is 5.92 Å². The monoisotopic (exact) mass is 590 g/mol. The van der Waals surface area contributed by atoms with Crippen molar-refractivity contribution in [2.75, 3.05) is 51.3 Å². The molecule has 11 heteroatoms. The number of anilines is 2. The Kier molecular flexibility index (Phi) is 9.22. The van der Waals surface area contributed by atoms with Gasteiger partial charge in [-0.15, -0.1) is 0 Å². The zero-order chi connectivity index (χ0) is 30.5. The zero-order valence-electron chi connectivity index (χ0n) is 24.8. The number of ether oxygens (including phenoxy) is 4. The predicted molar refractivity (Wildman–Crippen MR) is 162 cm³/mol. The average molecular weight is 591 g/mol. The molecule has 228 valence electrons. The first-order chi connectivity index (χ1) is 20.7. The lowest BCUT2D eigenvalue weighted by Gasteiger charge is -2.38. The highest BCUT2D eigenvalue weighted by Gasteiger charge is 2.33. The molecule has 0 aliphatic carbocycles. The lowest BCUT2D eigenvalue weighted by molar-refractivity contribution is 0.0341. The fraction of sp³-hybridized carbons (Fsp3) is 0.375. The summed E-state index contributed by atoms with van der Waals surface area (Å²) in [6.07, 6.45) is -0.239. The molecule has 0 fully saturated rings. The third-order valence-electron chi connectivity index (χ3n) is 7.66. The number of aliphatic hydroxyl groups excluding tert-OH is 1. The summed E-state index contributed by atoms with van der Waals surface area (Å²) >= 11 is 0. The van der Waals surface area contributed by atoms with Crippen LogP contribution in [-0.2, 0) is 6.54 Å². The highest BCUT2D eigenvalue weighted by atomic mass is 16.7. The topological polar surface area (TPSA) is 122 Å². The second kappa shape index (κ2) is 13.2. The van der Waals surface area contributed by atoms with Crippen LogP contribution in [0.5, 0.6) is 23.0 Å². The first-order valence-electron chi connectivity index (χ1n) is 14.3. The molecule has 3 N–H and O–H groups in total. The van der Waals surface area contributed by atoms with Crippen molar-refractivity contribution in [1.82, 2.24) is 9.80 Å². The Morgan fingerprint density at radius 3 is 2.42 bits per heavy atom. The predicted octanol–water partition coefficient (Wildman–Crippen LogP) is 4.42. The van der Waals surface area contributed by atoms with Crippen LogP contribution >= 0.6 is 0 Å². The van der Waals surface area contributed by atoms with E-state index in [4.69, 9.17) is 18.9 Å². The van der Waals surface area contributed by atoms with Gasteiger partial charge in [-0.2, -0.15) is 0 Å². The number of hydrogen-bond donors (Lipinski definition) is 3. The molecular formula is C32H38N4O7. The van der Waals surface area contributed by atoms with Gasteiger partial charge in [0, 0.05) is 43.0 Å². The van der Waals surface area contributed by atoms with Crippen LogP contribution in [0.2, 0.25) is 0 Å². The lowest BCUT2D eigenvalue weighted by atomic mass is 9.99. The van der Waals surface area contributed by atoms with E-state index in [0.717, 1.165) is 11.3 Å². The summed E-state index contributed by atoms with van der Waals surface area (Å²) in [7, 11) is 3.68. The number of benzene rings is 3. The summed E-state index contributed by atoms with van der Waals surface area (Å²) in [6.45, 7) is 5.56. The van der Waals surface area contributed by atoms with Crippen LogP contribution in [0.25, 0.3) is 0 Å². The van der Waals surface area contributed by atoms with E-state index in [0.29, 0.717) is 53.8 Å². The molecular weight excluding hydrogens is 552 g/mol. The Hall–Kier alpha value is -4.48. The summed E-state index contributed by atoms with van der Waals surface area (Å²) in [4.78, 5) is 30.4. The first-order valence-corrected chi connectivity index (χ1v) is 14.3. The molecule has 5 rings (SSSR count). The summed E-state index contributed by atoms with van der Waals surface area (Å²) in [5.41, 5.74) is 2.41. The molecule has 0 radical (unpaired) electrons. The van der Waals surface area contributed by atoms with Gasteiger partial charge in [0.2, 0.25) is 6.79 Å². The fourth-order valence-corrected chi connectivity index (χ4v) is 5.20. The maximum absolute atomic E-state index is 13.8. The Labute approximate surface area is 251 Å². The van der Waals surface area contributed by atoms with Crippen molar-refractivity contribution in [2.45, 2.75) is 32.5 Å². The van der Waals surface area contributed by atoms with Crippen LogP contribution in [-0.4, -0.2) is 79.6 Å². The van der Waals surface area contributed by atoms with Crippen LogP contribution < -0.4 is 29.6 Å². The highest BCUT2D eigenvalue weighted by molar-refractivity contribution is 6.02. The van der Waals surface area contributed by atoms with Gasteiger partial charge in [0.05, 0.1) is 25.3 Å². The van der Waals surface area contributed by atoms with Crippen LogP contribution in [0.15, 0.2) is 60.7 Å². The molecule has 3 atom stereocenters. The van der Waals surface area contributed by atoms with E-state index in [2.05, 4.69) is 22.5 Å². The molecule has 11 nitrogen and oxygen atoms in total. The number of carbonyl (C=O) groups is 2. The van der Waals surface area contributed by atoms with Gasteiger partial charge in [0.25, 0.3) is 5.91 Å². The SMILES string of the molecule is COc1ccc(CN(C)C[C@H]2Oc3ccc(NC(=O)Nc4ccc5c(c4)OCO5)cc3C(=O)N([C@@H](C)CO)C[C@@H]2C)cc1. The molecule has 0 bridgehead atoms. The van der Waals surface area contributed by atoms with Gasteiger partial charge in [-0.25, -0.2) is 4.79 Å². The number of aliphatic hydroxyl groups is 1.